The minimum absolute atomic E-state index is 0.0215. The number of rotatable bonds is 1. The molecule has 1 saturated heterocycles. The molecule has 0 aromatic rings. The first-order chi connectivity index (χ1) is 8.66. The Morgan fingerprint density at radius 1 is 1.44 bits per heavy atom. The lowest BCUT2D eigenvalue weighted by Gasteiger charge is -2.33. The molecule has 3 aliphatic rings. The molecule has 5 nitrogen and oxygen atoms in total. The van der Waals surface area contributed by atoms with E-state index in [0.29, 0.717) is 25.2 Å². The fraction of sp³-hybridized carbons (Fsp3) is 0.692. The minimum Gasteiger partial charge on any atom is -0.466 e. The van der Waals surface area contributed by atoms with Crippen LogP contribution in [0.3, 0.4) is 0 Å². The maximum absolute atomic E-state index is 11.8. The van der Waals surface area contributed by atoms with Crippen molar-refractivity contribution in [2.24, 2.45) is 11.8 Å². The second-order valence-corrected chi connectivity index (χ2v) is 5.02. The SMILES string of the molecule is COC(=O)C1=CC(=O)C[C@@H]2[C@H]1CCC21OCCO1. The molecule has 5 heteroatoms. The highest BCUT2D eigenvalue weighted by Crippen LogP contribution is 2.51. The number of fused-ring (bicyclic) bond motifs is 2. The van der Waals surface area contributed by atoms with Gasteiger partial charge in [-0.1, -0.05) is 0 Å². The first kappa shape index (κ1) is 11.9. The maximum Gasteiger partial charge on any atom is 0.334 e. The van der Waals surface area contributed by atoms with Crippen LogP contribution in [0.1, 0.15) is 19.3 Å². The highest BCUT2D eigenvalue weighted by molar-refractivity contribution is 6.01. The van der Waals surface area contributed by atoms with Gasteiger partial charge >= 0.3 is 5.97 Å². The molecule has 2 aliphatic carbocycles. The summed E-state index contributed by atoms with van der Waals surface area (Å²) in [6, 6.07) is 0. The van der Waals surface area contributed by atoms with Gasteiger partial charge in [0.25, 0.3) is 0 Å². The third kappa shape index (κ3) is 1.61. The van der Waals surface area contributed by atoms with Crippen LogP contribution in [0.15, 0.2) is 11.6 Å². The van der Waals surface area contributed by atoms with Crippen molar-refractivity contribution in [2.75, 3.05) is 20.3 Å². The predicted octanol–water partition coefficient (Wildman–Crippen LogP) is 0.828. The van der Waals surface area contributed by atoms with Gasteiger partial charge in [-0.2, -0.15) is 0 Å². The lowest BCUT2D eigenvalue weighted by atomic mass is 9.78. The van der Waals surface area contributed by atoms with Gasteiger partial charge in [-0.25, -0.2) is 4.79 Å². The van der Waals surface area contributed by atoms with Gasteiger partial charge in [-0.15, -0.1) is 0 Å². The van der Waals surface area contributed by atoms with Crippen LogP contribution in [0.4, 0.5) is 0 Å². The van der Waals surface area contributed by atoms with E-state index >= 15 is 0 Å². The fourth-order valence-electron chi connectivity index (χ4n) is 3.43. The molecule has 18 heavy (non-hydrogen) atoms. The highest BCUT2D eigenvalue weighted by atomic mass is 16.7. The minimum atomic E-state index is -0.645. The lowest BCUT2D eigenvalue weighted by Crippen LogP contribution is -2.40. The standard InChI is InChI=1S/C13H16O5/c1-16-12(15)10-6-8(14)7-11-9(10)2-3-13(11)17-4-5-18-13/h6,9,11H,2-5,7H2,1H3/t9-,11+/m0/s1. The third-order valence-corrected chi connectivity index (χ3v) is 4.19. The van der Waals surface area contributed by atoms with E-state index in [-0.39, 0.29) is 17.6 Å². The predicted molar refractivity (Wildman–Crippen MR) is 60.6 cm³/mol. The largest absolute Gasteiger partial charge is 0.466 e. The van der Waals surface area contributed by atoms with E-state index in [1.165, 1.54) is 13.2 Å². The maximum atomic E-state index is 11.8. The summed E-state index contributed by atoms with van der Waals surface area (Å²) < 4.78 is 16.2. The summed E-state index contributed by atoms with van der Waals surface area (Å²) in [6.45, 7) is 1.13. The summed E-state index contributed by atoms with van der Waals surface area (Å²) in [5.74, 6) is -1.13. The van der Waals surface area contributed by atoms with Crippen molar-refractivity contribution in [3.63, 3.8) is 0 Å². The summed E-state index contributed by atoms with van der Waals surface area (Å²) in [5.41, 5.74) is 0.481. The van der Waals surface area contributed by atoms with Gasteiger partial charge in [0, 0.05) is 24.3 Å². The molecule has 0 bridgehead atoms. The first-order valence-corrected chi connectivity index (χ1v) is 6.27. The second-order valence-electron chi connectivity index (χ2n) is 5.02. The summed E-state index contributed by atoms with van der Waals surface area (Å²) >= 11 is 0. The number of carbonyl (C=O) groups excluding carboxylic acids is 2. The van der Waals surface area contributed by atoms with Crippen LogP contribution >= 0.6 is 0 Å². The van der Waals surface area contributed by atoms with Gasteiger partial charge in [0.05, 0.1) is 20.3 Å². The fourth-order valence-corrected chi connectivity index (χ4v) is 3.43. The first-order valence-electron chi connectivity index (χ1n) is 6.27. The van der Waals surface area contributed by atoms with Gasteiger partial charge in [-0.05, 0) is 18.4 Å². The van der Waals surface area contributed by atoms with Crippen LogP contribution in [-0.4, -0.2) is 37.9 Å². The Kier molecular flexibility index (Phi) is 2.75. The molecule has 1 heterocycles. The zero-order chi connectivity index (χ0) is 12.8. The van der Waals surface area contributed by atoms with E-state index in [4.69, 9.17) is 14.2 Å². The van der Waals surface area contributed by atoms with Crippen molar-refractivity contribution in [1.29, 1.82) is 0 Å². The zero-order valence-corrected chi connectivity index (χ0v) is 10.3. The smallest absolute Gasteiger partial charge is 0.334 e. The number of allylic oxidation sites excluding steroid dienone is 1. The number of hydrogen-bond donors (Lipinski definition) is 0. The molecular formula is C13H16O5. The molecule has 98 valence electrons. The molecule has 0 radical (unpaired) electrons. The summed E-state index contributed by atoms with van der Waals surface area (Å²) in [5, 5.41) is 0. The van der Waals surface area contributed by atoms with E-state index in [1.807, 2.05) is 0 Å². The van der Waals surface area contributed by atoms with Crippen molar-refractivity contribution in [3.8, 4) is 0 Å². The van der Waals surface area contributed by atoms with Crippen molar-refractivity contribution in [2.45, 2.75) is 25.0 Å². The zero-order valence-electron chi connectivity index (χ0n) is 10.3. The average Bonchev–Trinajstić information content (AvgIpc) is 2.98. The Hall–Kier alpha value is -1.20. The van der Waals surface area contributed by atoms with Crippen LogP contribution in [0.5, 0.6) is 0 Å². The van der Waals surface area contributed by atoms with Crippen LogP contribution < -0.4 is 0 Å². The molecular weight excluding hydrogens is 236 g/mol. The van der Waals surface area contributed by atoms with E-state index in [9.17, 15) is 9.59 Å². The Bertz CT molecular complexity index is 419. The summed E-state index contributed by atoms with van der Waals surface area (Å²) in [7, 11) is 1.34. The summed E-state index contributed by atoms with van der Waals surface area (Å²) in [4.78, 5) is 23.5. The summed E-state index contributed by atoms with van der Waals surface area (Å²) in [6.07, 6.45) is 3.37. The van der Waals surface area contributed by atoms with Gasteiger partial charge < -0.3 is 14.2 Å². The normalized spacial score (nSPS) is 33.4. The van der Waals surface area contributed by atoms with Gasteiger partial charge in [-0.3, -0.25) is 4.79 Å². The Balaban J connectivity index is 1.93. The van der Waals surface area contributed by atoms with E-state index in [2.05, 4.69) is 0 Å². The second kappa shape index (κ2) is 4.17. The molecule has 2 fully saturated rings. The number of esters is 1. The molecule has 0 aromatic heterocycles. The van der Waals surface area contributed by atoms with Crippen molar-refractivity contribution >= 4 is 11.8 Å². The third-order valence-electron chi connectivity index (χ3n) is 4.19. The van der Waals surface area contributed by atoms with Crippen LogP contribution in [-0.2, 0) is 23.8 Å². The molecule has 1 spiro atoms. The molecule has 1 saturated carbocycles. The average molecular weight is 252 g/mol. The molecule has 3 rings (SSSR count). The number of ether oxygens (including phenoxy) is 3. The van der Waals surface area contributed by atoms with Crippen molar-refractivity contribution < 1.29 is 23.8 Å². The number of carbonyl (C=O) groups is 2. The van der Waals surface area contributed by atoms with Gasteiger partial charge in [0.2, 0.25) is 0 Å². The number of methoxy groups -OCH3 is 1. The monoisotopic (exact) mass is 252 g/mol. The number of ketones is 1. The van der Waals surface area contributed by atoms with E-state index in [1.54, 1.807) is 0 Å². The van der Waals surface area contributed by atoms with Crippen LogP contribution in [0.25, 0.3) is 0 Å². The van der Waals surface area contributed by atoms with Gasteiger partial charge in [0.15, 0.2) is 11.6 Å². The number of hydrogen-bond acceptors (Lipinski definition) is 5. The Labute approximate surface area is 105 Å². The van der Waals surface area contributed by atoms with Crippen molar-refractivity contribution in [3.05, 3.63) is 11.6 Å². The van der Waals surface area contributed by atoms with Gasteiger partial charge in [0.1, 0.15) is 0 Å². The topological polar surface area (TPSA) is 61.8 Å². The lowest BCUT2D eigenvalue weighted by molar-refractivity contribution is -0.187. The van der Waals surface area contributed by atoms with E-state index in [0.717, 1.165) is 12.8 Å². The molecule has 2 atom stereocenters. The highest BCUT2D eigenvalue weighted by Gasteiger charge is 2.56. The van der Waals surface area contributed by atoms with E-state index < -0.39 is 11.8 Å². The Morgan fingerprint density at radius 2 is 2.17 bits per heavy atom. The molecule has 1 aliphatic heterocycles. The molecule has 0 amide bonds. The molecule has 0 unspecified atom stereocenters. The molecule has 0 N–H and O–H groups in total. The quantitative estimate of drug-likeness (QED) is 0.647. The molecule has 0 aromatic carbocycles. The van der Waals surface area contributed by atoms with Crippen molar-refractivity contribution in [1.82, 2.24) is 0 Å². The Morgan fingerprint density at radius 3 is 2.83 bits per heavy atom. The van der Waals surface area contributed by atoms with Crippen LogP contribution in [0, 0.1) is 11.8 Å². The van der Waals surface area contributed by atoms with Crippen LogP contribution in [0.2, 0.25) is 0 Å².